The molecule has 3 aliphatic rings. The zero-order chi connectivity index (χ0) is 18.9. The zero-order valence-electron chi connectivity index (χ0n) is 15.4. The van der Waals surface area contributed by atoms with Crippen LogP contribution in [0.2, 0.25) is 0 Å². The van der Waals surface area contributed by atoms with Crippen LogP contribution in [0.25, 0.3) is 10.8 Å². The van der Waals surface area contributed by atoms with Crippen molar-refractivity contribution in [1.82, 2.24) is 0 Å². The van der Waals surface area contributed by atoms with Crippen LogP contribution < -0.4 is 0 Å². The van der Waals surface area contributed by atoms with Crippen molar-refractivity contribution in [2.45, 2.75) is 58.0 Å². The van der Waals surface area contributed by atoms with Crippen LogP contribution in [0.4, 0.5) is 0 Å². The van der Waals surface area contributed by atoms with Crippen LogP contribution in [-0.4, -0.2) is 27.4 Å². The summed E-state index contributed by atoms with van der Waals surface area (Å²) in [6, 6.07) is 9.57. The second-order valence-electron chi connectivity index (χ2n) is 8.59. The third-order valence-electron chi connectivity index (χ3n) is 7.45. The first-order valence-electron chi connectivity index (χ1n) is 9.97. The summed E-state index contributed by atoms with van der Waals surface area (Å²) in [7, 11) is 0. The number of carbonyl (C=O) groups is 2. The van der Waals surface area contributed by atoms with E-state index in [1.165, 1.54) is 11.1 Å². The van der Waals surface area contributed by atoms with Gasteiger partial charge in [0, 0.05) is 25.6 Å². The van der Waals surface area contributed by atoms with Crippen LogP contribution in [0.15, 0.2) is 30.3 Å². The molecule has 4 nitrogen and oxygen atoms in total. The van der Waals surface area contributed by atoms with Gasteiger partial charge in [-0.25, -0.2) is 0 Å². The Kier molecular flexibility index (Phi) is 4.38. The maximum Gasteiger partial charge on any atom is 0.164 e. The summed E-state index contributed by atoms with van der Waals surface area (Å²) < 4.78 is 0. The molecule has 0 heterocycles. The number of phenols is 1. The molecule has 0 saturated heterocycles. The van der Waals surface area contributed by atoms with Crippen molar-refractivity contribution in [1.29, 1.82) is 0 Å². The number of aliphatic hydroxyl groups is 1. The summed E-state index contributed by atoms with van der Waals surface area (Å²) in [6.45, 7) is 1.85. The molecule has 5 rings (SSSR count). The van der Waals surface area contributed by atoms with Gasteiger partial charge in [0.05, 0.1) is 0 Å². The number of ketones is 2. The van der Waals surface area contributed by atoms with Crippen molar-refractivity contribution in [3.8, 4) is 5.75 Å². The van der Waals surface area contributed by atoms with Crippen LogP contribution >= 0.6 is 0 Å². The Labute approximate surface area is 167 Å². The molecule has 0 bridgehead atoms. The molecular weight excluding hydrogens is 352 g/mol. The van der Waals surface area contributed by atoms with E-state index in [1.54, 1.807) is 12.1 Å². The van der Waals surface area contributed by atoms with Gasteiger partial charge in [0.15, 0.2) is 5.78 Å². The van der Waals surface area contributed by atoms with E-state index in [4.69, 9.17) is 0 Å². The molecule has 0 spiro atoms. The Bertz CT molecular complexity index is 984. The lowest BCUT2D eigenvalue weighted by molar-refractivity contribution is -0.163. The van der Waals surface area contributed by atoms with Crippen molar-refractivity contribution in [2.75, 3.05) is 0 Å². The Morgan fingerprint density at radius 3 is 2.64 bits per heavy atom. The van der Waals surface area contributed by atoms with Crippen LogP contribution in [0.1, 0.15) is 58.5 Å². The average Bonchev–Trinajstić information content (AvgIpc) is 3.01. The summed E-state index contributed by atoms with van der Waals surface area (Å²) in [6.07, 6.45) is 2.70. The normalized spacial score (nSPS) is 33.8. The fraction of sp³-hybridized carbons (Fsp3) is 0.500. The summed E-state index contributed by atoms with van der Waals surface area (Å²) in [5.74, 6) is -0.0348. The number of aromatic hydroxyl groups is 1. The number of hydrogen-bond donors (Lipinski definition) is 2. The van der Waals surface area contributed by atoms with Crippen LogP contribution in [0.5, 0.6) is 5.75 Å². The first kappa shape index (κ1) is 19.1. The number of fused-ring (bicyclic) bond motifs is 5. The SMILES string of the molecule is C.CCC1(O)C(=O)CCC2C(=O)C3Cc4cc5cc(O)ccc5cc4C3CC21.[2HH]. The second kappa shape index (κ2) is 6.41. The molecule has 28 heavy (non-hydrogen) atoms. The molecule has 150 valence electrons. The first-order chi connectivity index (χ1) is 12.9. The molecule has 4 heteroatoms. The summed E-state index contributed by atoms with van der Waals surface area (Å²) >= 11 is 0. The standard InChI is InChI=1S/C23H24O4.CH4.H2/c1-2-23(27)20-11-18-17-9-12-3-4-15(24)8-13(12)7-14(17)10-19(18)22(26)16(20)5-6-21(23)25;;/h3-4,7-9,16,18-20,24,27H,2,5-6,10-11H2,1H3;1H4;1H/i;;1+1. The third-order valence-corrected chi connectivity index (χ3v) is 7.45. The number of phenolic OH excluding ortho intramolecular Hbond substituents is 1. The Hall–Kier alpha value is -2.20. The van der Waals surface area contributed by atoms with Gasteiger partial charge in [0.1, 0.15) is 17.1 Å². The zero-order valence-corrected chi connectivity index (χ0v) is 15.4. The summed E-state index contributed by atoms with van der Waals surface area (Å²) in [5.41, 5.74) is 0.998. The predicted molar refractivity (Wildman–Crippen MR) is 110 cm³/mol. The topological polar surface area (TPSA) is 74.6 Å². The van der Waals surface area contributed by atoms with Gasteiger partial charge in [0.25, 0.3) is 0 Å². The molecule has 5 unspecified atom stereocenters. The maximum absolute atomic E-state index is 13.3. The molecule has 0 aliphatic heterocycles. The van der Waals surface area contributed by atoms with Crippen LogP contribution in [0, 0.1) is 17.8 Å². The molecule has 0 amide bonds. The average molecular weight is 384 g/mol. The van der Waals surface area contributed by atoms with E-state index in [2.05, 4.69) is 12.1 Å². The maximum atomic E-state index is 13.3. The van der Waals surface area contributed by atoms with Crippen molar-refractivity contribution >= 4 is 22.3 Å². The minimum absolute atomic E-state index is 0. The fourth-order valence-corrected chi connectivity index (χ4v) is 6.01. The van der Waals surface area contributed by atoms with E-state index in [9.17, 15) is 19.8 Å². The lowest BCUT2D eigenvalue weighted by atomic mass is 9.56. The molecule has 0 aromatic heterocycles. The molecule has 2 saturated carbocycles. The number of benzene rings is 2. The summed E-state index contributed by atoms with van der Waals surface area (Å²) in [5, 5.41) is 22.9. The minimum atomic E-state index is -1.35. The molecule has 0 radical (unpaired) electrons. The van der Waals surface area contributed by atoms with E-state index >= 15 is 0 Å². The van der Waals surface area contributed by atoms with Gasteiger partial charge >= 0.3 is 0 Å². The number of hydrogen-bond acceptors (Lipinski definition) is 4. The lowest BCUT2D eigenvalue weighted by Gasteiger charge is -2.48. The van der Waals surface area contributed by atoms with Gasteiger partial charge < -0.3 is 10.2 Å². The minimum Gasteiger partial charge on any atom is -0.508 e. The third kappa shape index (κ3) is 2.47. The number of carbonyl (C=O) groups excluding carboxylic acids is 2. The van der Waals surface area contributed by atoms with E-state index in [0.29, 0.717) is 25.7 Å². The molecule has 5 atom stereocenters. The quantitative estimate of drug-likeness (QED) is 0.766. The summed E-state index contributed by atoms with van der Waals surface area (Å²) in [4.78, 5) is 25.8. The van der Waals surface area contributed by atoms with E-state index in [0.717, 1.165) is 17.2 Å². The monoisotopic (exact) mass is 383 g/mol. The van der Waals surface area contributed by atoms with Crippen LogP contribution in [0.3, 0.4) is 0 Å². The fourth-order valence-electron chi connectivity index (χ4n) is 6.01. The smallest absolute Gasteiger partial charge is 0.164 e. The number of Topliss-reactive ketones (excluding diaryl/α,β-unsaturated/α-hetero) is 2. The van der Waals surface area contributed by atoms with Crippen molar-refractivity contribution in [2.24, 2.45) is 17.8 Å². The Balaban J connectivity index is 0.00000120. The van der Waals surface area contributed by atoms with Crippen molar-refractivity contribution < 1.29 is 21.2 Å². The van der Waals surface area contributed by atoms with E-state index in [-0.39, 0.29) is 49.8 Å². The van der Waals surface area contributed by atoms with Crippen LogP contribution in [-0.2, 0) is 16.0 Å². The van der Waals surface area contributed by atoms with E-state index in [1.807, 2.05) is 13.0 Å². The predicted octanol–water partition coefficient (Wildman–Crippen LogP) is 4.39. The van der Waals surface area contributed by atoms with Gasteiger partial charge in [-0.15, -0.1) is 0 Å². The molecular formula is C24H30O4. The van der Waals surface area contributed by atoms with Gasteiger partial charge in [-0.2, -0.15) is 0 Å². The van der Waals surface area contributed by atoms with E-state index < -0.39 is 5.60 Å². The van der Waals surface area contributed by atoms with Gasteiger partial charge in [0.2, 0.25) is 0 Å². The first-order valence-corrected chi connectivity index (χ1v) is 9.97. The highest BCUT2D eigenvalue weighted by molar-refractivity contribution is 5.95. The largest absolute Gasteiger partial charge is 0.508 e. The Morgan fingerprint density at radius 2 is 1.89 bits per heavy atom. The molecule has 2 fully saturated rings. The molecule has 2 aromatic carbocycles. The molecule has 2 N–H and O–H groups in total. The number of rotatable bonds is 1. The lowest BCUT2D eigenvalue weighted by Crippen LogP contribution is -2.57. The van der Waals surface area contributed by atoms with Crippen molar-refractivity contribution in [3.63, 3.8) is 0 Å². The molecule has 2 aromatic rings. The van der Waals surface area contributed by atoms with Crippen molar-refractivity contribution in [3.05, 3.63) is 41.5 Å². The highest BCUT2D eigenvalue weighted by Gasteiger charge is 2.57. The highest BCUT2D eigenvalue weighted by atomic mass is 16.3. The van der Waals surface area contributed by atoms with Gasteiger partial charge in [-0.1, -0.05) is 32.5 Å². The molecule has 3 aliphatic carbocycles. The highest BCUT2D eigenvalue weighted by Crippen LogP contribution is 2.55. The van der Waals surface area contributed by atoms with Gasteiger partial charge in [-0.05, 0) is 65.6 Å². The van der Waals surface area contributed by atoms with Gasteiger partial charge in [-0.3, -0.25) is 9.59 Å². The Morgan fingerprint density at radius 1 is 1.11 bits per heavy atom. The second-order valence-corrected chi connectivity index (χ2v) is 8.59.